The van der Waals surface area contributed by atoms with Crippen LogP contribution in [0.15, 0.2) is 41.9 Å². The Morgan fingerprint density at radius 2 is 1.87 bits per heavy atom. The Bertz CT molecular complexity index is 819. The Morgan fingerprint density at radius 3 is 2.60 bits per heavy atom. The molecule has 1 aromatic carbocycles. The second kappa shape index (κ2) is 10.1. The highest BCUT2D eigenvalue weighted by atomic mass is 32.1. The topological polar surface area (TPSA) is 62.7 Å². The molecule has 0 saturated carbocycles. The number of nitrogens with zero attached hydrogens (tertiary/aromatic N) is 3. The van der Waals surface area contributed by atoms with Crippen LogP contribution in [0.1, 0.15) is 43.0 Å². The Hall–Kier alpha value is -2.41. The van der Waals surface area contributed by atoms with Crippen LogP contribution in [0.3, 0.4) is 0 Å². The lowest BCUT2D eigenvalue weighted by Crippen LogP contribution is -2.47. The maximum absolute atomic E-state index is 13.1. The van der Waals surface area contributed by atoms with Gasteiger partial charge in [-0.2, -0.15) is 0 Å². The highest BCUT2D eigenvalue weighted by molar-refractivity contribution is 7.09. The van der Waals surface area contributed by atoms with Crippen molar-refractivity contribution in [2.45, 2.75) is 38.0 Å². The Labute approximate surface area is 181 Å². The average molecular weight is 428 g/mol. The largest absolute Gasteiger partial charge is 0.493 e. The molecule has 6 nitrogen and oxygen atoms in total. The number of carbonyl (C=O) groups is 2. The molecule has 3 heterocycles. The minimum Gasteiger partial charge on any atom is -0.493 e. The summed E-state index contributed by atoms with van der Waals surface area (Å²) in [6.45, 7) is 3.32. The van der Waals surface area contributed by atoms with Crippen LogP contribution >= 0.6 is 11.3 Å². The van der Waals surface area contributed by atoms with Crippen molar-refractivity contribution >= 4 is 23.2 Å². The van der Waals surface area contributed by atoms with Gasteiger partial charge in [-0.15, -0.1) is 11.3 Å². The van der Waals surface area contributed by atoms with E-state index in [9.17, 15) is 9.59 Å². The molecule has 2 aliphatic heterocycles. The van der Waals surface area contributed by atoms with Crippen molar-refractivity contribution in [2.75, 3.05) is 32.8 Å². The number of para-hydroxylation sites is 1. The van der Waals surface area contributed by atoms with E-state index in [2.05, 4.69) is 4.98 Å². The number of rotatable bonds is 6. The van der Waals surface area contributed by atoms with Crippen LogP contribution in [0.25, 0.3) is 0 Å². The maximum Gasteiger partial charge on any atom is 0.225 e. The molecule has 1 atom stereocenters. The average Bonchev–Trinajstić information content (AvgIpc) is 3.35. The molecule has 0 N–H and O–H groups in total. The summed E-state index contributed by atoms with van der Waals surface area (Å²) >= 11 is 1.68. The van der Waals surface area contributed by atoms with Crippen molar-refractivity contribution in [3.05, 3.63) is 46.9 Å². The Kier molecular flexibility index (Phi) is 7.00. The quantitative estimate of drug-likeness (QED) is 0.707. The van der Waals surface area contributed by atoms with E-state index in [0.717, 1.165) is 49.5 Å². The summed E-state index contributed by atoms with van der Waals surface area (Å²) < 4.78 is 5.63. The number of carbonyl (C=O) groups excluding carboxylic acids is 2. The summed E-state index contributed by atoms with van der Waals surface area (Å²) in [7, 11) is 0. The van der Waals surface area contributed by atoms with Crippen LogP contribution in [0.5, 0.6) is 5.75 Å². The monoisotopic (exact) mass is 427 g/mol. The molecular formula is C23H29N3O3S. The highest BCUT2D eigenvalue weighted by Crippen LogP contribution is 2.30. The van der Waals surface area contributed by atoms with E-state index in [1.165, 1.54) is 0 Å². The number of hydrogen-bond acceptors (Lipinski definition) is 5. The number of ether oxygens (including phenoxy) is 1. The fourth-order valence-corrected chi connectivity index (χ4v) is 5.15. The van der Waals surface area contributed by atoms with Gasteiger partial charge in [0.25, 0.3) is 0 Å². The molecule has 0 aliphatic carbocycles. The number of hydrogen-bond donors (Lipinski definition) is 0. The molecule has 7 heteroatoms. The number of likely N-dealkylation sites (tertiary alicyclic amines) is 2. The molecule has 4 rings (SSSR count). The molecule has 0 spiro atoms. The van der Waals surface area contributed by atoms with Crippen LogP contribution in [-0.2, 0) is 9.59 Å². The zero-order valence-corrected chi connectivity index (χ0v) is 18.1. The molecule has 2 aliphatic rings. The van der Waals surface area contributed by atoms with Crippen molar-refractivity contribution in [1.29, 1.82) is 0 Å². The van der Waals surface area contributed by atoms with Gasteiger partial charge in [0.05, 0.1) is 18.0 Å². The summed E-state index contributed by atoms with van der Waals surface area (Å²) in [5.74, 6) is 1.56. The summed E-state index contributed by atoms with van der Waals surface area (Å²) in [6, 6.07) is 9.55. The van der Waals surface area contributed by atoms with E-state index in [1.807, 2.05) is 51.7 Å². The van der Waals surface area contributed by atoms with E-state index in [-0.39, 0.29) is 17.7 Å². The molecule has 160 valence electrons. The standard InChI is InChI=1S/C23H29N3O3S/c27-21(10-15-29-20-6-2-1-3-7-20)25-13-8-18(9-14-25)23(28)26-12-4-5-19(17-26)22-24-11-16-30-22/h1-3,6-7,11,16,18-19H,4-5,8-10,12-15,17H2. The van der Waals surface area contributed by atoms with Crippen molar-refractivity contribution in [3.8, 4) is 5.75 Å². The summed E-state index contributed by atoms with van der Waals surface area (Å²) in [5, 5.41) is 3.15. The number of benzene rings is 1. The molecule has 0 radical (unpaired) electrons. The second-order valence-corrected chi connectivity index (χ2v) is 8.99. The van der Waals surface area contributed by atoms with Gasteiger partial charge >= 0.3 is 0 Å². The van der Waals surface area contributed by atoms with Gasteiger partial charge in [-0.05, 0) is 37.8 Å². The minimum absolute atomic E-state index is 0.0321. The number of thiazole rings is 1. The third-order valence-electron chi connectivity index (χ3n) is 6.06. The molecule has 30 heavy (non-hydrogen) atoms. The Morgan fingerprint density at radius 1 is 1.07 bits per heavy atom. The molecule has 2 saturated heterocycles. The molecule has 0 bridgehead atoms. The maximum atomic E-state index is 13.1. The number of aromatic nitrogens is 1. The lowest BCUT2D eigenvalue weighted by atomic mass is 9.92. The lowest BCUT2D eigenvalue weighted by Gasteiger charge is -2.37. The van der Waals surface area contributed by atoms with Gasteiger partial charge in [0.15, 0.2) is 0 Å². The normalized spacial score (nSPS) is 20.2. The molecule has 1 aromatic heterocycles. The second-order valence-electron chi connectivity index (χ2n) is 8.06. The molecule has 2 amide bonds. The van der Waals surface area contributed by atoms with Crippen molar-refractivity contribution in [2.24, 2.45) is 5.92 Å². The van der Waals surface area contributed by atoms with Crippen LogP contribution in [0.4, 0.5) is 0 Å². The summed E-state index contributed by atoms with van der Waals surface area (Å²) in [4.78, 5) is 33.9. The zero-order chi connectivity index (χ0) is 20.8. The van der Waals surface area contributed by atoms with Gasteiger partial charge in [-0.3, -0.25) is 9.59 Å². The van der Waals surface area contributed by atoms with Crippen molar-refractivity contribution in [3.63, 3.8) is 0 Å². The third kappa shape index (κ3) is 5.19. The SMILES string of the molecule is O=C(CCOc1ccccc1)N1CCC(C(=O)N2CCCC(c3nccs3)C2)CC1. The van der Waals surface area contributed by atoms with Crippen LogP contribution < -0.4 is 4.74 Å². The number of amides is 2. The fourth-order valence-electron chi connectivity index (χ4n) is 4.38. The van der Waals surface area contributed by atoms with E-state index in [4.69, 9.17) is 4.74 Å². The van der Waals surface area contributed by atoms with Gasteiger partial charge in [0.2, 0.25) is 11.8 Å². The zero-order valence-electron chi connectivity index (χ0n) is 17.2. The fraction of sp³-hybridized carbons (Fsp3) is 0.522. The first-order valence-corrected chi connectivity index (χ1v) is 11.7. The van der Waals surface area contributed by atoms with Gasteiger partial charge in [-0.25, -0.2) is 4.98 Å². The lowest BCUT2D eigenvalue weighted by molar-refractivity contribution is -0.141. The predicted octanol–water partition coefficient (Wildman–Crippen LogP) is 3.56. The molecule has 2 fully saturated rings. The first-order valence-electron chi connectivity index (χ1n) is 10.8. The van der Waals surface area contributed by atoms with Gasteiger partial charge in [0, 0.05) is 49.6 Å². The molecule has 1 unspecified atom stereocenters. The van der Waals surface area contributed by atoms with E-state index < -0.39 is 0 Å². The van der Waals surface area contributed by atoms with Gasteiger partial charge < -0.3 is 14.5 Å². The first kappa shape index (κ1) is 20.8. The minimum atomic E-state index is 0.0321. The van der Waals surface area contributed by atoms with E-state index in [1.54, 1.807) is 11.3 Å². The van der Waals surface area contributed by atoms with Crippen LogP contribution in [0, 0.1) is 5.92 Å². The highest BCUT2D eigenvalue weighted by Gasteiger charge is 2.33. The van der Waals surface area contributed by atoms with Crippen LogP contribution in [-0.4, -0.2) is 59.4 Å². The van der Waals surface area contributed by atoms with Gasteiger partial charge in [0.1, 0.15) is 5.75 Å². The summed E-state index contributed by atoms with van der Waals surface area (Å²) in [6.07, 6.45) is 5.86. The van der Waals surface area contributed by atoms with Gasteiger partial charge in [-0.1, -0.05) is 18.2 Å². The van der Waals surface area contributed by atoms with Crippen molar-refractivity contribution in [1.82, 2.24) is 14.8 Å². The predicted molar refractivity (Wildman–Crippen MR) is 117 cm³/mol. The van der Waals surface area contributed by atoms with Crippen LogP contribution in [0.2, 0.25) is 0 Å². The smallest absolute Gasteiger partial charge is 0.225 e. The third-order valence-corrected chi connectivity index (χ3v) is 7.00. The molecular weight excluding hydrogens is 398 g/mol. The Balaban J connectivity index is 1.21. The van der Waals surface area contributed by atoms with Crippen molar-refractivity contribution < 1.29 is 14.3 Å². The molecule has 2 aromatic rings. The van der Waals surface area contributed by atoms with E-state index >= 15 is 0 Å². The first-order chi connectivity index (χ1) is 14.7. The number of piperidine rings is 2. The van der Waals surface area contributed by atoms with E-state index in [0.29, 0.717) is 32.0 Å². The summed E-state index contributed by atoms with van der Waals surface area (Å²) in [5.41, 5.74) is 0.